The number of nitrogens with one attached hydrogen (secondary N) is 3. The summed E-state index contributed by atoms with van der Waals surface area (Å²) in [6.45, 7) is 0.469. The minimum atomic E-state index is -0.277. The zero-order valence-electron chi connectivity index (χ0n) is 20.3. The first-order valence-electron chi connectivity index (χ1n) is 11.3. The summed E-state index contributed by atoms with van der Waals surface area (Å²) in [5.41, 5.74) is 4.39. The molecule has 0 aliphatic carbocycles. The fourth-order valence-corrected chi connectivity index (χ4v) is 4.26. The van der Waals surface area contributed by atoms with Gasteiger partial charge in [-0.3, -0.25) is 0 Å². The predicted molar refractivity (Wildman–Crippen MR) is 143 cm³/mol. The van der Waals surface area contributed by atoms with Gasteiger partial charge in [0.2, 0.25) is 0 Å². The number of carbonyl (C=O) groups excluding carboxylic acids is 1. The highest BCUT2D eigenvalue weighted by Gasteiger charge is 2.15. The van der Waals surface area contributed by atoms with Crippen molar-refractivity contribution in [3.8, 4) is 39.8 Å². The number of ether oxygens (including phenoxy) is 3. The van der Waals surface area contributed by atoms with Gasteiger partial charge in [-0.05, 0) is 60.7 Å². The zero-order chi connectivity index (χ0) is 25.3. The van der Waals surface area contributed by atoms with Gasteiger partial charge < -0.3 is 29.8 Å². The van der Waals surface area contributed by atoms with Crippen molar-refractivity contribution >= 4 is 23.5 Å². The van der Waals surface area contributed by atoms with Crippen molar-refractivity contribution in [3.63, 3.8) is 0 Å². The highest BCUT2D eigenvalue weighted by molar-refractivity contribution is 7.99. The molecule has 2 amide bonds. The Hall–Kier alpha value is -4.11. The second-order valence-corrected chi connectivity index (χ2v) is 8.77. The van der Waals surface area contributed by atoms with Crippen LogP contribution in [0.25, 0.3) is 22.5 Å². The van der Waals surface area contributed by atoms with Crippen LogP contribution >= 0.6 is 11.8 Å². The number of aromatic amines is 1. The number of H-pyrrole nitrogens is 1. The molecule has 0 aliphatic rings. The van der Waals surface area contributed by atoms with Crippen LogP contribution in [0, 0.1) is 0 Å². The molecule has 3 N–H and O–H groups in total. The van der Waals surface area contributed by atoms with Gasteiger partial charge in [0.05, 0.1) is 32.7 Å². The first-order valence-corrected chi connectivity index (χ1v) is 12.3. The molecule has 1 aromatic heterocycles. The van der Waals surface area contributed by atoms with Crippen LogP contribution in [0.1, 0.15) is 0 Å². The summed E-state index contributed by atoms with van der Waals surface area (Å²) < 4.78 is 15.8. The largest absolute Gasteiger partial charge is 0.497 e. The Bertz CT molecular complexity index is 1230. The lowest BCUT2D eigenvalue weighted by Gasteiger charge is -2.08. The smallest absolute Gasteiger partial charge is 0.319 e. The van der Waals surface area contributed by atoms with E-state index in [1.807, 2.05) is 60.7 Å². The zero-order valence-corrected chi connectivity index (χ0v) is 21.1. The second kappa shape index (κ2) is 12.0. The summed E-state index contributed by atoms with van der Waals surface area (Å²) in [6, 6.07) is 22.6. The molecule has 0 radical (unpaired) electrons. The van der Waals surface area contributed by atoms with E-state index >= 15 is 0 Å². The van der Waals surface area contributed by atoms with E-state index in [2.05, 4.69) is 15.6 Å². The summed E-state index contributed by atoms with van der Waals surface area (Å²) in [5.74, 6) is 2.90. The highest BCUT2D eigenvalue weighted by atomic mass is 32.2. The predicted octanol–water partition coefficient (Wildman–Crippen LogP) is 5.68. The second-order valence-electron chi connectivity index (χ2n) is 7.68. The Kier molecular flexibility index (Phi) is 8.36. The van der Waals surface area contributed by atoms with Gasteiger partial charge >= 0.3 is 6.03 Å². The highest BCUT2D eigenvalue weighted by Crippen LogP contribution is 2.34. The lowest BCUT2D eigenvalue weighted by atomic mass is 10.0. The normalized spacial score (nSPS) is 10.5. The molecule has 4 rings (SSSR count). The standard InChI is InChI=1S/C27H28N4O4S/c1-33-21-11-7-18(8-12-21)24-25(19-9-13-22(34-2)14-10-19)31-27(30-24)36-16-15-28-26(32)29-20-5-4-6-23(17-20)35-3/h4-14,17H,15-16H2,1-3H3,(H,30,31)(H2,28,29,32). The number of methoxy groups -OCH3 is 3. The van der Waals surface area contributed by atoms with Crippen LogP contribution in [-0.2, 0) is 0 Å². The molecule has 8 nitrogen and oxygen atoms in total. The van der Waals surface area contributed by atoms with E-state index in [1.54, 1.807) is 33.5 Å². The van der Waals surface area contributed by atoms with Crippen molar-refractivity contribution in [1.29, 1.82) is 0 Å². The van der Waals surface area contributed by atoms with Crippen LogP contribution in [0.2, 0.25) is 0 Å². The SMILES string of the molecule is COc1ccc(-c2nc(SCCNC(=O)Nc3cccc(OC)c3)[nH]c2-c2ccc(OC)cc2)cc1. The molecule has 0 saturated carbocycles. The number of amides is 2. The molecule has 0 fully saturated rings. The molecule has 36 heavy (non-hydrogen) atoms. The number of thioether (sulfide) groups is 1. The van der Waals surface area contributed by atoms with Crippen molar-refractivity contribution in [1.82, 2.24) is 15.3 Å². The van der Waals surface area contributed by atoms with Crippen LogP contribution in [0.4, 0.5) is 10.5 Å². The maximum Gasteiger partial charge on any atom is 0.319 e. The van der Waals surface area contributed by atoms with Gasteiger partial charge in [-0.2, -0.15) is 0 Å². The molecule has 9 heteroatoms. The first kappa shape index (κ1) is 25.0. The van der Waals surface area contributed by atoms with Crippen LogP contribution in [0.15, 0.2) is 78.0 Å². The number of urea groups is 1. The summed E-state index contributed by atoms with van der Waals surface area (Å²) >= 11 is 1.54. The van der Waals surface area contributed by atoms with Crippen molar-refractivity contribution in [2.45, 2.75) is 5.16 Å². The molecule has 0 spiro atoms. The Morgan fingerprint density at radius 2 is 1.50 bits per heavy atom. The van der Waals surface area contributed by atoms with Gasteiger partial charge in [0.15, 0.2) is 5.16 Å². The van der Waals surface area contributed by atoms with Crippen molar-refractivity contribution in [2.75, 3.05) is 38.9 Å². The summed E-state index contributed by atoms with van der Waals surface area (Å²) in [6.07, 6.45) is 0. The number of nitrogens with zero attached hydrogens (tertiary/aromatic N) is 1. The van der Waals surface area contributed by atoms with Crippen molar-refractivity contribution in [3.05, 3.63) is 72.8 Å². The quantitative estimate of drug-likeness (QED) is 0.190. The minimum absolute atomic E-state index is 0.277. The number of anilines is 1. The third kappa shape index (κ3) is 6.31. The molecule has 3 aromatic carbocycles. The lowest BCUT2D eigenvalue weighted by molar-refractivity contribution is 0.252. The molecular weight excluding hydrogens is 476 g/mol. The monoisotopic (exact) mass is 504 g/mol. The van der Waals surface area contributed by atoms with Crippen LogP contribution in [0.5, 0.6) is 17.2 Å². The third-order valence-corrected chi connectivity index (χ3v) is 6.25. The van der Waals surface area contributed by atoms with E-state index in [-0.39, 0.29) is 6.03 Å². The Morgan fingerprint density at radius 1 is 0.861 bits per heavy atom. The fourth-order valence-electron chi connectivity index (χ4n) is 3.53. The molecule has 4 aromatic rings. The van der Waals surface area contributed by atoms with Gasteiger partial charge in [-0.15, -0.1) is 0 Å². The fraction of sp³-hybridized carbons (Fsp3) is 0.185. The van der Waals surface area contributed by atoms with E-state index in [0.717, 1.165) is 39.2 Å². The maximum absolute atomic E-state index is 12.2. The van der Waals surface area contributed by atoms with Crippen LogP contribution in [0.3, 0.4) is 0 Å². The molecule has 0 aliphatic heterocycles. The minimum Gasteiger partial charge on any atom is -0.497 e. The van der Waals surface area contributed by atoms with Gasteiger partial charge in [0.25, 0.3) is 0 Å². The number of rotatable bonds is 10. The molecule has 0 saturated heterocycles. The number of aromatic nitrogens is 2. The van der Waals surface area contributed by atoms with Crippen molar-refractivity contribution < 1.29 is 19.0 Å². The van der Waals surface area contributed by atoms with E-state index in [0.29, 0.717) is 23.7 Å². The molecule has 1 heterocycles. The lowest BCUT2D eigenvalue weighted by Crippen LogP contribution is -2.30. The number of carbonyl (C=O) groups is 1. The number of hydrogen-bond acceptors (Lipinski definition) is 6. The maximum atomic E-state index is 12.2. The average Bonchev–Trinajstić information content (AvgIpc) is 3.35. The Labute approximate surface area is 214 Å². The van der Waals surface area contributed by atoms with Crippen molar-refractivity contribution in [2.24, 2.45) is 0 Å². The van der Waals surface area contributed by atoms with E-state index in [4.69, 9.17) is 19.2 Å². The summed E-state index contributed by atoms with van der Waals surface area (Å²) in [5, 5.41) is 6.44. The van der Waals surface area contributed by atoms with E-state index in [1.165, 1.54) is 11.8 Å². The van der Waals surface area contributed by atoms with Crippen LogP contribution in [-0.4, -0.2) is 49.6 Å². The van der Waals surface area contributed by atoms with E-state index in [9.17, 15) is 4.79 Å². The number of hydrogen-bond donors (Lipinski definition) is 3. The average molecular weight is 505 g/mol. The molecule has 186 valence electrons. The van der Waals surface area contributed by atoms with E-state index < -0.39 is 0 Å². The third-order valence-electron chi connectivity index (χ3n) is 5.38. The number of imidazole rings is 1. The Balaban J connectivity index is 1.42. The molecular formula is C27H28N4O4S. The summed E-state index contributed by atoms with van der Waals surface area (Å²) in [7, 11) is 4.88. The summed E-state index contributed by atoms with van der Waals surface area (Å²) in [4.78, 5) is 20.5. The van der Waals surface area contributed by atoms with Gasteiger partial charge in [-0.25, -0.2) is 9.78 Å². The van der Waals surface area contributed by atoms with Crippen LogP contribution < -0.4 is 24.8 Å². The molecule has 0 unspecified atom stereocenters. The van der Waals surface area contributed by atoms with Gasteiger partial charge in [0, 0.05) is 35.2 Å². The van der Waals surface area contributed by atoms with Gasteiger partial charge in [0.1, 0.15) is 17.2 Å². The van der Waals surface area contributed by atoms with Gasteiger partial charge in [-0.1, -0.05) is 17.8 Å². The topological polar surface area (TPSA) is 97.5 Å². The number of benzene rings is 3. The molecule has 0 atom stereocenters. The molecule has 0 bridgehead atoms. The first-order chi connectivity index (χ1) is 17.6. The Morgan fingerprint density at radius 3 is 2.14 bits per heavy atom.